The molecule has 9 nitrogen and oxygen atoms in total. The third-order valence-corrected chi connectivity index (χ3v) is 10.1. The van der Waals surface area contributed by atoms with Crippen molar-refractivity contribution in [2.45, 2.75) is 37.8 Å². The summed E-state index contributed by atoms with van der Waals surface area (Å²) in [5.74, 6) is -0.00172. The van der Waals surface area contributed by atoms with Crippen molar-refractivity contribution in [1.29, 1.82) is 0 Å². The summed E-state index contributed by atoms with van der Waals surface area (Å²) >= 11 is 12.8. The molecule has 0 saturated carbocycles. The first-order chi connectivity index (χ1) is 23.0. The second-order valence-electron chi connectivity index (χ2n) is 11.8. The molecule has 0 unspecified atom stereocenters. The Morgan fingerprint density at radius 1 is 0.854 bits per heavy atom. The number of rotatable bonds is 13. The highest BCUT2D eigenvalue weighted by Gasteiger charge is 2.35. The van der Waals surface area contributed by atoms with Gasteiger partial charge in [-0.3, -0.25) is 13.9 Å². The molecular formula is C36H37Cl2N3O6S. The molecule has 12 heteroatoms. The molecule has 5 rings (SSSR count). The van der Waals surface area contributed by atoms with Gasteiger partial charge in [-0.2, -0.15) is 0 Å². The summed E-state index contributed by atoms with van der Waals surface area (Å²) in [4.78, 5) is 30.0. The smallest absolute Gasteiger partial charge is 0.264 e. The lowest BCUT2D eigenvalue weighted by molar-refractivity contribution is -0.140. The quantitative estimate of drug-likeness (QED) is 0.173. The second-order valence-corrected chi connectivity index (χ2v) is 14.5. The number of carbonyl (C=O) groups excluding carboxylic acids is 2. The fraction of sp³-hybridized carbons (Fsp3) is 0.278. The molecule has 0 saturated heterocycles. The minimum atomic E-state index is -4.28. The molecule has 0 radical (unpaired) electrons. The zero-order chi connectivity index (χ0) is 34.3. The van der Waals surface area contributed by atoms with Gasteiger partial charge in [0.05, 0.1) is 10.6 Å². The van der Waals surface area contributed by atoms with E-state index in [2.05, 4.69) is 5.32 Å². The molecule has 1 aliphatic heterocycles. The van der Waals surface area contributed by atoms with Crippen molar-refractivity contribution in [3.63, 3.8) is 0 Å². The molecule has 1 N–H and O–H groups in total. The number of carbonyl (C=O) groups is 2. The highest BCUT2D eigenvalue weighted by Crippen LogP contribution is 2.36. The Labute approximate surface area is 291 Å². The van der Waals surface area contributed by atoms with Crippen LogP contribution in [0, 0.1) is 5.92 Å². The SMILES string of the molecule is CC(C)CNC(=O)[C@@H](Cc1ccccc1)N(Cc1ccc(Cl)cc1Cl)C(=O)CN(c1ccc2c(c1)OCCO2)S(=O)(=O)c1ccccc1. The van der Waals surface area contributed by atoms with Crippen LogP contribution in [0.3, 0.4) is 0 Å². The molecule has 0 spiro atoms. The van der Waals surface area contributed by atoms with Gasteiger partial charge in [0.2, 0.25) is 11.8 Å². The predicted octanol–water partition coefficient (Wildman–Crippen LogP) is 6.37. The molecule has 0 fully saturated rings. The maximum Gasteiger partial charge on any atom is 0.264 e. The van der Waals surface area contributed by atoms with Crippen molar-refractivity contribution in [2.75, 3.05) is 30.6 Å². The molecule has 2 amide bonds. The third-order valence-electron chi connectivity index (χ3n) is 7.74. The number of anilines is 1. The van der Waals surface area contributed by atoms with Gasteiger partial charge >= 0.3 is 0 Å². The van der Waals surface area contributed by atoms with E-state index < -0.39 is 28.5 Å². The summed E-state index contributed by atoms with van der Waals surface area (Å²) in [5.41, 5.74) is 1.56. The molecule has 1 atom stereocenters. The number of hydrogen-bond donors (Lipinski definition) is 1. The summed E-state index contributed by atoms with van der Waals surface area (Å²) in [6.07, 6.45) is 0.178. The van der Waals surface area contributed by atoms with E-state index in [1.807, 2.05) is 44.2 Å². The van der Waals surface area contributed by atoms with Crippen LogP contribution in [-0.2, 0) is 32.6 Å². The molecule has 1 aliphatic rings. The first-order valence-corrected chi connectivity index (χ1v) is 17.7. The molecule has 0 bridgehead atoms. The number of halogens is 2. The second kappa shape index (κ2) is 15.8. The summed E-state index contributed by atoms with van der Waals surface area (Å²) in [6.45, 7) is 4.29. The Kier molecular flexibility index (Phi) is 11.5. The first-order valence-electron chi connectivity index (χ1n) is 15.6. The summed E-state index contributed by atoms with van der Waals surface area (Å²) < 4.78 is 40.9. The average Bonchev–Trinajstić information content (AvgIpc) is 3.09. The van der Waals surface area contributed by atoms with Crippen molar-refractivity contribution in [3.05, 3.63) is 118 Å². The van der Waals surface area contributed by atoms with Crippen LogP contribution in [-0.4, -0.2) is 57.5 Å². The average molecular weight is 711 g/mol. The van der Waals surface area contributed by atoms with E-state index in [4.69, 9.17) is 32.7 Å². The van der Waals surface area contributed by atoms with Crippen molar-refractivity contribution >= 4 is 50.7 Å². The Hall–Kier alpha value is -4.25. The van der Waals surface area contributed by atoms with Crippen LogP contribution < -0.4 is 19.1 Å². The lowest BCUT2D eigenvalue weighted by Crippen LogP contribution is -2.53. The Balaban J connectivity index is 1.59. The lowest BCUT2D eigenvalue weighted by atomic mass is 10.0. The number of nitrogens with one attached hydrogen (secondary N) is 1. The standard InChI is InChI=1S/C36H37Cl2N3O6S/c1-25(2)22-39-36(43)32(19-26-9-5-3-6-10-26)40(23-27-13-14-28(37)20-31(27)38)35(42)24-41(48(44,45)30-11-7-4-8-12-30)29-15-16-33-34(21-29)47-18-17-46-33/h3-16,20-21,25,32H,17-19,22-24H2,1-2H3,(H,39,43)/t32-/m1/s1. The number of sulfonamides is 1. The number of benzene rings is 4. The van der Waals surface area contributed by atoms with Gasteiger partial charge in [0.15, 0.2) is 11.5 Å². The van der Waals surface area contributed by atoms with Gasteiger partial charge in [-0.1, -0.05) is 91.6 Å². The van der Waals surface area contributed by atoms with Gasteiger partial charge in [-0.25, -0.2) is 8.42 Å². The number of hydrogen-bond acceptors (Lipinski definition) is 6. The van der Waals surface area contributed by atoms with Crippen LogP contribution in [0.5, 0.6) is 11.5 Å². The lowest BCUT2D eigenvalue weighted by Gasteiger charge is -2.34. The number of nitrogens with zero attached hydrogens (tertiary/aromatic N) is 2. The summed E-state index contributed by atoms with van der Waals surface area (Å²) in [5, 5.41) is 3.69. The van der Waals surface area contributed by atoms with Crippen LogP contribution in [0.1, 0.15) is 25.0 Å². The maximum atomic E-state index is 14.7. The van der Waals surface area contributed by atoms with Gasteiger partial charge in [0, 0.05) is 35.6 Å². The molecule has 0 aromatic heterocycles. The Morgan fingerprint density at radius 3 is 2.19 bits per heavy atom. The Morgan fingerprint density at radius 2 is 1.52 bits per heavy atom. The molecule has 48 heavy (non-hydrogen) atoms. The van der Waals surface area contributed by atoms with Crippen LogP contribution in [0.2, 0.25) is 10.0 Å². The highest BCUT2D eigenvalue weighted by molar-refractivity contribution is 7.92. The molecule has 4 aromatic carbocycles. The third kappa shape index (κ3) is 8.61. The van der Waals surface area contributed by atoms with Gasteiger partial charge in [-0.05, 0) is 53.4 Å². The van der Waals surface area contributed by atoms with E-state index in [9.17, 15) is 18.0 Å². The van der Waals surface area contributed by atoms with Crippen molar-refractivity contribution in [3.8, 4) is 11.5 Å². The fourth-order valence-corrected chi connectivity index (χ4v) is 7.14. The molecular weight excluding hydrogens is 673 g/mol. The number of amides is 2. The zero-order valence-corrected chi connectivity index (χ0v) is 29.0. The maximum absolute atomic E-state index is 14.7. The molecule has 252 valence electrons. The van der Waals surface area contributed by atoms with E-state index in [0.29, 0.717) is 46.9 Å². The summed E-state index contributed by atoms with van der Waals surface area (Å²) in [6, 6.07) is 25.8. The minimum absolute atomic E-state index is 0.00417. The summed E-state index contributed by atoms with van der Waals surface area (Å²) in [7, 11) is -4.28. The van der Waals surface area contributed by atoms with Crippen molar-refractivity contribution in [2.24, 2.45) is 5.92 Å². The van der Waals surface area contributed by atoms with E-state index in [-0.39, 0.29) is 35.4 Å². The number of fused-ring (bicyclic) bond motifs is 1. The van der Waals surface area contributed by atoms with Crippen LogP contribution in [0.25, 0.3) is 0 Å². The monoisotopic (exact) mass is 709 g/mol. The van der Waals surface area contributed by atoms with E-state index >= 15 is 0 Å². The van der Waals surface area contributed by atoms with E-state index in [0.717, 1.165) is 9.87 Å². The van der Waals surface area contributed by atoms with Gasteiger partial charge in [0.25, 0.3) is 10.0 Å². The van der Waals surface area contributed by atoms with Gasteiger partial charge in [-0.15, -0.1) is 0 Å². The first kappa shape index (κ1) is 35.1. The van der Waals surface area contributed by atoms with Crippen LogP contribution >= 0.6 is 23.2 Å². The zero-order valence-electron chi connectivity index (χ0n) is 26.6. The topological polar surface area (TPSA) is 105 Å². The van der Waals surface area contributed by atoms with Crippen molar-refractivity contribution < 1.29 is 27.5 Å². The highest BCUT2D eigenvalue weighted by atomic mass is 35.5. The largest absolute Gasteiger partial charge is 0.486 e. The van der Waals surface area contributed by atoms with Gasteiger partial charge < -0.3 is 19.7 Å². The number of ether oxygens (including phenoxy) is 2. The van der Waals surface area contributed by atoms with Crippen molar-refractivity contribution in [1.82, 2.24) is 10.2 Å². The molecule has 4 aromatic rings. The van der Waals surface area contributed by atoms with Crippen LogP contribution in [0.15, 0.2) is 102 Å². The normalized spacial score (nSPS) is 13.1. The molecule has 0 aliphatic carbocycles. The van der Waals surface area contributed by atoms with E-state index in [1.54, 1.807) is 54.6 Å². The molecule has 1 heterocycles. The minimum Gasteiger partial charge on any atom is -0.486 e. The van der Waals surface area contributed by atoms with Gasteiger partial charge in [0.1, 0.15) is 25.8 Å². The predicted molar refractivity (Wildman–Crippen MR) is 187 cm³/mol. The Bertz CT molecular complexity index is 1840. The van der Waals surface area contributed by atoms with E-state index in [1.165, 1.54) is 17.0 Å². The van der Waals surface area contributed by atoms with Crippen LogP contribution in [0.4, 0.5) is 5.69 Å². The fourth-order valence-electron chi connectivity index (χ4n) is 5.25.